The molecule has 0 aliphatic rings. The molecule has 176 valence electrons. The number of rotatable bonds is 8. The van der Waals surface area contributed by atoms with Crippen LogP contribution in [0.4, 0.5) is 4.39 Å². The van der Waals surface area contributed by atoms with Crippen LogP contribution in [0, 0.1) is 5.82 Å². The highest BCUT2D eigenvalue weighted by molar-refractivity contribution is 6.04. The molecule has 0 aliphatic carbocycles. The maximum atomic E-state index is 13.0. The average Bonchev–Trinajstić information content (AvgIpc) is 2.89. The molecule has 4 aromatic carbocycles. The van der Waals surface area contributed by atoms with Gasteiger partial charge in [0.1, 0.15) is 23.1 Å². The van der Waals surface area contributed by atoms with Crippen LogP contribution in [-0.4, -0.2) is 31.8 Å². The standard InChI is InChI=1S/C27H21FN2O5/c1-33-21-11-6-19(7-12-21)27(32)35-25-15-8-18-4-2-3-5-23(18)24(25)16-29-30-26(31)17-34-22-13-9-20(28)10-14-22/h2-16H,17H2,1H3,(H,30,31)/b29-16-. The number of halogens is 1. The fourth-order valence-electron chi connectivity index (χ4n) is 3.26. The molecule has 0 radical (unpaired) electrons. The zero-order valence-corrected chi connectivity index (χ0v) is 18.7. The molecular formula is C27H21FN2O5. The Morgan fingerprint density at radius 3 is 2.37 bits per heavy atom. The van der Waals surface area contributed by atoms with E-state index < -0.39 is 17.7 Å². The van der Waals surface area contributed by atoms with Crippen LogP contribution in [0.5, 0.6) is 17.2 Å². The monoisotopic (exact) mass is 472 g/mol. The number of amides is 1. The Bertz CT molecular complexity index is 1370. The molecule has 0 saturated heterocycles. The van der Waals surface area contributed by atoms with Crippen LogP contribution in [0.3, 0.4) is 0 Å². The van der Waals surface area contributed by atoms with Crippen LogP contribution in [0.25, 0.3) is 10.8 Å². The Kier molecular flexibility index (Phi) is 7.32. The molecule has 0 saturated carbocycles. The first-order valence-electron chi connectivity index (χ1n) is 10.6. The average molecular weight is 472 g/mol. The minimum Gasteiger partial charge on any atom is -0.497 e. The first-order valence-corrected chi connectivity index (χ1v) is 10.6. The summed E-state index contributed by atoms with van der Waals surface area (Å²) in [7, 11) is 1.54. The highest BCUT2D eigenvalue weighted by Gasteiger charge is 2.14. The van der Waals surface area contributed by atoms with E-state index in [0.29, 0.717) is 22.6 Å². The van der Waals surface area contributed by atoms with E-state index in [4.69, 9.17) is 14.2 Å². The predicted molar refractivity (Wildman–Crippen MR) is 130 cm³/mol. The largest absolute Gasteiger partial charge is 0.497 e. The first kappa shape index (κ1) is 23.4. The Morgan fingerprint density at radius 2 is 1.63 bits per heavy atom. The molecule has 1 amide bonds. The summed E-state index contributed by atoms with van der Waals surface area (Å²) < 4.78 is 29.0. The van der Waals surface area contributed by atoms with Crippen molar-refractivity contribution in [3.8, 4) is 17.2 Å². The summed E-state index contributed by atoms with van der Waals surface area (Å²) in [5.74, 6) is -0.196. The van der Waals surface area contributed by atoms with E-state index in [1.807, 2.05) is 30.3 Å². The Morgan fingerprint density at radius 1 is 0.914 bits per heavy atom. The van der Waals surface area contributed by atoms with Gasteiger partial charge >= 0.3 is 5.97 Å². The van der Waals surface area contributed by atoms with Gasteiger partial charge in [-0.05, 0) is 65.4 Å². The van der Waals surface area contributed by atoms with Crippen LogP contribution in [0.1, 0.15) is 15.9 Å². The van der Waals surface area contributed by atoms with Crippen LogP contribution in [-0.2, 0) is 4.79 Å². The molecule has 0 fully saturated rings. The van der Waals surface area contributed by atoms with Crippen molar-refractivity contribution < 1.29 is 28.2 Å². The summed E-state index contributed by atoms with van der Waals surface area (Å²) in [6.45, 7) is -0.308. The van der Waals surface area contributed by atoms with Gasteiger partial charge in [0.25, 0.3) is 5.91 Å². The SMILES string of the molecule is COc1ccc(C(=O)Oc2ccc3ccccc3c2/C=N\NC(=O)COc2ccc(F)cc2)cc1. The van der Waals surface area contributed by atoms with Gasteiger partial charge < -0.3 is 14.2 Å². The van der Waals surface area contributed by atoms with Crippen LogP contribution in [0.15, 0.2) is 90.0 Å². The van der Waals surface area contributed by atoms with E-state index in [1.165, 1.54) is 30.5 Å². The second-order valence-electron chi connectivity index (χ2n) is 7.35. The molecule has 0 heterocycles. The van der Waals surface area contributed by atoms with Crippen molar-refractivity contribution in [2.75, 3.05) is 13.7 Å². The molecule has 4 rings (SSSR count). The summed E-state index contributed by atoms with van der Waals surface area (Å²) in [4.78, 5) is 24.8. The fraction of sp³-hybridized carbons (Fsp3) is 0.0741. The third-order valence-corrected chi connectivity index (χ3v) is 5.03. The molecule has 0 aliphatic heterocycles. The number of hydrogen-bond donors (Lipinski definition) is 1. The fourth-order valence-corrected chi connectivity index (χ4v) is 3.26. The number of nitrogens with one attached hydrogen (secondary N) is 1. The van der Waals surface area contributed by atoms with Crippen LogP contribution >= 0.6 is 0 Å². The number of hydrogen-bond acceptors (Lipinski definition) is 6. The van der Waals surface area contributed by atoms with Gasteiger partial charge in [-0.1, -0.05) is 30.3 Å². The zero-order chi connectivity index (χ0) is 24.6. The van der Waals surface area contributed by atoms with E-state index in [-0.39, 0.29) is 12.4 Å². The lowest BCUT2D eigenvalue weighted by Crippen LogP contribution is -2.24. The molecular weight excluding hydrogens is 451 g/mol. The molecule has 8 heteroatoms. The molecule has 0 bridgehead atoms. The van der Waals surface area contributed by atoms with Gasteiger partial charge in [0.15, 0.2) is 6.61 Å². The summed E-state index contributed by atoms with van der Waals surface area (Å²) in [6.07, 6.45) is 1.41. The smallest absolute Gasteiger partial charge is 0.343 e. The number of ether oxygens (including phenoxy) is 3. The highest BCUT2D eigenvalue weighted by Crippen LogP contribution is 2.27. The normalized spacial score (nSPS) is 10.8. The van der Waals surface area contributed by atoms with Gasteiger partial charge in [0.2, 0.25) is 0 Å². The zero-order valence-electron chi connectivity index (χ0n) is 18.7. The van der Waals surface area contributed by atoms with Crippen LogP contribution < -0.4 is 19.6 Å². The molecule has 0 aromatic heterocycles. The minimum absolute atomic E-state index is 0.282. The number of hydrazone groups is 1. The summed E-state index contributed by atoms with van der Waals surface area (Å²) in [6, 6.07) is 22.9. The van der Waals surface area contributed by atoms with Crippen molar-refractivity contribution in [1.82, 2.24) is 5.43 Å². The van der Waals surface area contributed by atoms with Gasteiger partial charge in [-0.15, -0.1) is 0 Å². The Hall–Kier alpha value is -4.72. The predicted octanol–water partition coefficient (Wildman–Crippen LogP) is 4.74. The van der Waals surface area contributed by atoms with Gasteiger partial charge in [0.05, 0.1) is 18.9 Å². The lowest BCUT2D eigenvalue weighted by molar-refractivity contribution is -0.123. The van der Waals surface area contributed by atoms with Crippen molar-refractivity contribution in [1.29, 1.82) is 0 Å². The third kappa shape index (κ3) is 6.00. The molecule has 35 heavy (non-hydrogen) atoms. The number of nitrogens with zero attached hydrogens (tertiary/aromatic N) is 1. The quantitative estimate of drug-likeness (QED) is 0.173. The molecule has 0 spiro atoms. The van der Waals surface area contributed by atoms with Gasteiger partial charge in [-0.3, -0.25) is 4.79 Å². The van der Waals surface area contributed by atoms with E-state index in [0.717, 1.165) is 10.8 Å². The van der Waals surface area contributed by atoms with Gasteiger partial charge in [-0.2, -0.15) is 5.10 Å². The Labute approximate surface area is 200 Å². The summed E-state index contributed by atoms with van der Waals surface area (Å²) in [5, 5.41) is 5.70. The molecule has 4 aromatic rings. The number of esters is 1. The lowest BCUT2D eigenvalue weighted by atomic mass is 10.0. The molecule has 0 atom stereocenters. The number of carbonyl (C=O) groups is 2. The number of benzene rings is 4. The molecule has 7 nitrogen and oxygen atoms in total. The van der Waals surface area contributed by atoms with Gasteiger partial charge in [-0.25, -0.2) is 14.6 Å². The topological polar surface area (TPSA) is 86.2 Å². The molecule has 1 N–H and O–H groups in total. The van der Waals surface area contributed by atoms with Crippen molar-refractivity contribution in [2.45, 2.75) is 0 Å². The summed E-state index contributed by atoms with van der Waals surface area (Å²) in [5.41, 5.74) is 3.25. The first-order chi connectivity index (χ1) is 17.0. The van der Waals surface area contributed by atoms with Gasteiger partial charge in [0, 0.05) is 5.56 Å². The number of carbonyl (C=O) groups excluding carboxylic acids is 2. The van der Waals surface area contributed by atoms with E-state index >= 15 is 0 Å². The number of methoxy groups -OCH3 is 1. The van der Waals surface area contributed by atoms with E-state index in [2.05, 4.69) is 10.5 Å². The lowest BCUT2D eigenvalue weighted by Gasteiger charge is -2.11. The van der Waals surface area contributed by atoms with E-state index in [1.54, 1.807) is 37.4 Å². The Balaban J connectivity index is 1.49. The van der Waals surface area contributed by atoms with Crippen molar-refractivity contribution >= 4 is 28.9 Å². The maximum absolute atomic E-state index is 13.0. The third-order valence-electron chi connectivity index (χ3n) is 5.03. The molecule has 0 unspecified atom stereocenters. The van der Waals surface area contributed by atoms with Crippen LogP contribution in [0.2, 0.25) is 0 Å². The second-order valence-corrected chi connectivity index (χ2v) is 7.35. The summed E-state index contributed by atoms with van der Waals surface area (Å²) >= 11 is 0. The minimum atomic E-state index is -0.547. The highest BCUT2D eigenvalue weighted by atomic mass is 19.1. The maximum Gasteiger partial charge on any atom is 0.343 e. The van der Waals surface area contributed by atoms with Crippen molar-refractivity contribution in [2.24, 2.45) is 5.10 Å². The number of fused-ring (bicyclic) bond motifs is 1. The van der Waals surface area contributed by atoms with Crippen molar-refractivity contribution in [3.63, 3.8) is 0 Å². The van der Waals surface area contributed by atoms with Crippen molar-refractivity contribution in [3.05, 3.63) is 102 Å². The second kappa shape index (κ2) is 10.9. The van der Waals surface area contributed by atoms with E-state index in [9.17, 15) is 14.0 Å².